The van der Waals surface area contributed by atoms with Crippen LogP contribution in [0.5, 0.6) is 5.75 Å². The average molecular weight is 338 g/mol. The van der Waals surface area contributed by atoms with Crippen LogP contribution in [0.1, 0.15) is 25.3 Å². The zero-order chi connectivity index (χ0) is 14.5. The molecule has 20 heavy (non-hydrogen) atoms. The predicted octanol–water partition coefficient (Wildman–Crippen LogP) is 3.53. The Morgan fingerprint density at radius 1 is 1.45 bits per heavy atom. The van der Waals surface area contributed by atoms with E-state index in [4.69, 9.17) is 4.74 Å². The van der Waals surface area contributed by atoms with E-state index in [1.807, 2.05) is 24.3 Å². The van der Waals surface area contributed by atoms with Gasteiger partial charge in [0, 0.05) is 35.1 Å². The molecule has 2 rings (SSSR count). The monoisotopic (exact) mass is 337 g/mol. The Morgan fingerprint density at radius 3 is 2.95 bits per heavy atom. The molecule has 0 bridgehead atoms. The highest BCUT2D eigenvalue weighted by molar-refractivity contribution is 9.10. The van der Waals surface area contributed by atoms with E-state index >= 15 is 0 Å². The maximum atomic E-state index is 12.1. The van der Waals surface area contributed by atoms with Crippen molar-refractivity contribution >= 4 is 27.8 Å². The first-order valence-corrected chi connectivity index (χ1v) is 7.73. The molecule has 0 aliphatic carbocycles. The van der Waals surface area contributed by atoms with Crippen molar-refractivity contribution in [1.82, 2.24) is 4.90 Å². The molecule has 1 aromatic carbocycles. The number of hydrogen-bond acceptors (Lipinski definition) is 3. The van der Waals surface area contributed by atoms with Gasteiger partial charge in [-0.25, -0.2) is 0 Å². The number of ketones is 1. The molecule has 4 heteroatoms. The molecule has 0 N–H and O–H groups in total. The predicted molar refractivity (Wildman–Crippen MR) is 85.0 cm³/mol. The fraction of sp³-hybridized carbons (Fsp3) is 0.438. The molecule has 0 atom stereocenters. The zero-order valence-corrected chi connectivity index (χ0v) is 13.6. The summed E-state index contributed by atoms with van der Waals surface area (Å²) in [6, 6.07) is 5.83. The number of ether oxygens (including phenoxy) is 1. The first kappa shape index (κ1) is 15.3. The van der Waals surface area contributed by atoms with E-state index < -0.39 is 0 Å². The third-order valence-electron chi connectivity index (χ3n) is 3.47. The van der Waals surface area contributed by atoms with Crippen molar-refractivity contribution in [3.8, 4) is 5.75 Å². The largest absolute Gasteiger partial charge is 0.496 e. The molecule has 1 aromatic rings. The van der Waals surface area contributed by atoms with E-state index in [1.54, 1.807) is 7.11 Å². The Morgan fingerprint density at radius 2 is 2.25 bits per heavy atom. The molecule has 0 saturated carbocycles. The van der Waals surface area contributed by atoms with Crippen LogP contribution in [0.3, 0.4) is 0 Å². The van der Waals surface area contributed by atoms with Crippen LogP contribution in [-0.4, -0.2) is 37.4 Å². The Labute approximate surface area is 128 Å². The molecule has 0 unspecified atom stereocenters. The van der Waals surface area contributed by atoms with Gasteiger partial charge in [-0.3, -0.25) is 9.69 Å². The Hall–Kier alpha value is -1.13. The van der Waals surface area contributed by atoms with Crippen LogP contribution in [0, 0.1) is 0 Å². The number of hydrogen-bond donors (Lipinski definition) is 0. The fourth-order valence-electron chi connectivity index (χ4n) is 2.47. The molecule has 1 saturated heterocycles. The minimum atomic E-state index is 0.249. The first-order valence-electron chi connectivity index (χ1n) is 6.93. The van der Waals surface area contributed by atoms with Crippen molar-refractivity contribution in [2.24, 2.45) is 0 Å². The topological polar surface area (TPSA) is 29.5 Å². The molecule has 1 fully saturated rings. The standard InChI is InChI=1S/C16H20BrNO2/c1-3-7-18-8-6-15(19)13(11-18)9-12-10-14(17)4-5-16(12)20-2/h4-5,9-10H,3,6-8,11H2,1-2H3/b13-9+. The second kappa shape index (κ2) is 7.04. The molecule has 0 amide bonds. The molecular formula is C16H20BrNO2. The van der Waals surface area contributed by atoms with Gasteiger partial charge in [-0.2, -0.15) is 0 Å². The summed E-state index contributed by atoms with van der Waals surface area (Å²) in [4.78, 5) is 14.4. The van der Waals surface area contributed by atoms with Gasteiger partial charge >= 0.3 is 0 Å². The minimum Gasteiger partial charge on any atom is -0.496 e. The van der Waals surface area contributed by atoms with Crippen molar-refractivity contribution in [2.75, 3.05) is 26.7 Å². The second-order valence-electron chi connectivity index (χ2n) is 5.01. The molecular weight excluding hydrogens is 318 g/mol. The third kappa shape index (κ3) is 3.70. The molecule has 1 aliphatic rings. The molecule has 0 spiro atoms. The molecule has 108 valence electrons. The van der Waals surface area contributed by atoms with Crippen molar-refractivity contribution in [1.29, 1.82) is 0 Å². The lowest BCUT2D eigenvalue weighted by molar-refractivity contribution is -0.117. The van der Waals surface area contributed by atoms with E-state index in [9.17, 15) is 4.79 Å². The summed E-state index contributed by atoms with van der Waals surface area (Å²) in [6.45, 7) is 4.82. The van der Waals surface area contributed by atoms with Gasteiger partial charge < -0.3 is 4.74 Å². The second-order valence-corrected chi connectivity index (χ2v) is 5.92. The Kier molecular flexibility index (Phi) is 5.38. The van der Waals surface area contributed by atoms with Gasteiger partial charge in [-0.15, -0.1) is 0 Å². The van der Waals surface area contributed by atoms with E-state index in [0.717, 1.165) is 47.4 Å². The summed E-state index contributed by atoms with van der Waals surface area (Å²) in [6.07, 6.45) is 3.69. The minimum absolute atomic E-state index is 0.249. The maximum Gasteiger partial charge on any atom is 0.161 e. The van der Waals surface area contributed by atoms with Gasteiger partial charge in [0.1, 0.15) is 5.75 Å². The van der Waals surface area contributed by atoms with Crippen LogP contribution in [0.15, 0.2) is 28.2 Å². The highest BCUT2D eigenvalue weighted by Crippen LogP contribution is 2.26. The summed E-state index contributed by atoms with van der Waals surface area (Å²) in [5.41, 5.74) is 1.82. The van der Waals surface area contributed by atoms with Crippen LogP contribution in [-0.2, 0) is 4.79 Å². The summed E-state index contributed by atoms with van der Waals surface area (Å²) < 4.78 is 6.35. The number of rotatable bonds is 4. The van der Waals surface area contributed by atoms with Crippen LogP contribution in [0.25, 0.3) is 6.08 Å². The number of likely N-dealkylation sites (tertiary alicyclic amines) is 1. The number of halogens is 1. The van der Waals surface area contributed by atoms with Gasteiger partial charge in [0.05, 0.1) is 7.11 Å². The van der Waals surface area contributed by atoms with Crippen molar-refractivity contribution in [2.45, 2.75) is 19.8 Å². The van der Waals surface area contributed by atoms with E-state index in [1.165, 1.54) is 0 Å². The highest BCUT2D eigenvalue weighted by atomic mass is 79.9. The number of methoxy groups -OCH3 is 1. The fourth-order valence-corrected chi connectivity index (χ4v) is 2.85. The van der Waals surface area contributed by atoms with E-state index in [0.29, 0.717) is 6.42 Å². The van der Waals surface area contributed by atoms with Crippen LogP contribution < -0.4 is 4.74 Å². The molecule has 1 aliphatic heterocycles. The number of piperidine rings is 1. The summed E-state index contributed by atoms with van der Waals surface area (Å²) in [7, 11) is 1.65. The third-order valence-corrected chi connectivity index (χ3v) is 3.96. The van der Waals surface area contributed by atoms with Crippen molar-refractivity contribution < 1.29 is 9.53 Å². The summed E-state index contributed by atoms with van der Waals surface area (Å²) >= 11 is 3.46. The number of carbonyl (C=O) groups excluding carboxylic acids is 1. The number of nitrogens with zero attached hydrogens (tertiary/aromatic N) is 1. The Balaban J connectivity index is 2.28. The molecule has 1 heterocycles. The SMILES string of the molecule is CCCN1CCC(=O)/C(=C/c2cc(Br)ccc2OC)C1. The lowest BCUT2D eigenvalue weighted by atomic mass is 10.00. The summed E-state index contributed by atoms with van der Waals surface area (Å²) in [5, 5.41) is 0. The van der Waals surface area contributed by atoms with Gasteiger partial charge in [-0.05, 0) is 37.2 Å². The Bertz CT molecular complexity index is 525. The number of benzene rings is 1. The van der Waals surface area contributed by atoms with Gasteiger partial charge in [0.2, 0.25) is 0 Å². The lowest BCUT2D eigenvalue weighted by Gasteiger charge is -2.27. The van der Waals surface area contributed by atoms with Crippen molar-refractivity contribution in [3.05, 3.63) is 33.8 Å². The highest BCUT2D eigenvalue weighted by Gasteiger charge is 2.21. The van der Waals surface area contributed by atoms with Crippen LogP contribution in [0.4, 0.5) is 0 Å². The summed E-state index contributed by atoms with van der Waals surface area (Å²) in [5.74, 6) is 1.04. The normalized spacial score (nSPS) is 18.6. The smallest absolute Gasteiger partial charge is 0.161 e. The molecule has 0 aromatic heterocycles. The van der Waals surface area contributed by atoms with Crippen LogP contribution >= 0.6 is 15.9 Å². The first-order chi connectivity index (χ1) is 9.63. The van der Waals surface area contributed by atoms with Crippen molar-refractivity contribution in [3.63, 3.8) is 0 Å². The maximum absolute atomic E-state index is 12.1. The number of carbonyl (C=O) groups is 1. The quantitative estimate of drug-likeness (QED) is 0.787. The molecule has 3 nitrogen and oxygen atoms in total. The van der Waals surface area contributed by atoms with Gasteiger partial charge in [0.15, 0.2) is 5.78 Å². The van der Waals surface area contributed by atoms with E-state index in [2.05, 4.69) is 27.8 Å². The van der Waals surface area contributed by atoms with Gasteiger partial charge in [0.25, 0.3) is 0 Å². The van der Waals surface area contributed by atoms with Gasteiger partial charge in [-0.1, -0.05) is 22.9 Å². The lowest BCUT2D eigenvalue weighted by Crippen LogP contribution is -2.36. The number of Topliss-reactive ketones (excluding diaryl/α,β-unsaturated/α-hetero) is 1. The molecule has 0 radical (unpaired) electrons. The average Bonchev–Trinajstić information content (AvgIpc) is 2.43. The van der Waals surface area contributed by atoms with Crippen LogP contribution in [0.2, 0.25) is 0 Å². The van der Waals surface area contributed by atoms with E-state index in [-0.39, 0.29) is 5.78 Å². The zero-order valence-electron chi connectivity index (χ0n) is 12.0.